The lowest BCUT2D eigenvalue weighted by Gasteiger charge is -2.12. The number of rotatable bonds is 6. The van der Waals surface area contributed by atoms with Gasteiger partial charge in [0.05, 0.1) is 25.7 Å². The molecule has 1 aromatic carbocycles. The summed E-state index contributed by atoms with van der Waals surface area (Å²) < 4.78 is 35.9. The molecule has 1 N–H and O–H groups in total. The van der Waals surface area contributed by atoms with Crippen molar-refractivity contribution < 1.29 is 18.3 Å². The van der Waals surface area contributed by atoms with Gasteiger partial charge in [-0.25, -0.2) is 4.98 Å². The van der Waals surface area contributed by atoms with Crippen molar-refractivity contribution in [3.8, 4) is 11.5 Å². The van der Waals surface area contributed by atoms with E-state index in [9.17, 15) is 8.78 Å². The number of aromatic nitrogens is 2. The Morgan fingerprint density at radius 2 is 2.15 bits per heavy atom. The van der Waals surface area contributed by atoms with Gasteiger partial charge in [-0.15, -0.1) is 0 Å². The Hall–Kier alpha value is -2.31. The number of ether oxygens (including phenoxy) is 2. The zero-order valence-electron chi connectivity index (χ0n) is 11.1. The zero-order valence-corrected chi connectivity index (χ0v) is 11.1. The van der Waals surface area contributed by atoms with E-state index in [1.54, 1.807) is 24.7 Å². The van der Waals surface area contributed by atoms with Gasteiger partial charge in [0, 0.05) is 25.0 Å². The van der Waals surface area contributed by atoms with Gasteiger partial charge in [-0.05, 0) is 12.1 Å². The summed E-state index contributed by atoms with van der Waals surface area (Å²) in [6.07, 6.45) is 3.42. The molecule has 0 aliphatic carbocycles. The van der Waals surface area contributed by atoms with Gasteiger partial charge in [-0.3, -0.25) is 0 Å². The van der Waals surface area contributed by atoms with E-state index >= 15 is 0 Å². The quantitative estimate of drug-likeness (QED) is 0.885. The van der Waals surface area contributed by atoms with E-state index in [4.69, 9.17) is 4.74 Å². The Balaban J connectivity index is 2.10. The summed E-state index contributed by atoms with van der Waals surface area (Å²) in [5.74, 6) is 0.258. The summed E-state index contributed by atoms with van der Waals surface area (Å²) in [5.41, 5.74) is 1.62. The van der Waals surface area contributed by atoms with Crippen molar-refractivity contribution in [2.24, 2.45) is 7.05 Å². The molecule has 0 aliphatic heterocycles. The van der Waals surface area contributed by atoms with Crippen LogP contribution in [0.25, 0.3) is 0 Å². The third-order valence-corrected chi connectivity index (χ3v) is 2.77. The number of nitrogens with one attached hydrogen (secondary N) is 1. The van der Waals surface area contributed by atoms with Gasteiger partial charge >= 0.3 is 6.61 Å². The molecule has 0 amide bonds. The van der Waals surface area contributed by atoms with Crippen LogP contribution in [-0.2, 0) is 13.6 Å². The molecular formula is C13H15F2N3O2. The Kier molecular flexibility index (Phi) is 4.39. The number of halogens is 2. The fourth-order valence-corrected chi connectivity index (χ4v) is 1.72. The molecular weight excluding hydrogens is 268 g/mol. The van der Waals surface area contributed by atoms with Crippen LogP contribution in [0.1, 0.15) is 5.69 Å². The van der Waals surface area contributed by atoms with Gasteiger partial charge in [0.2, 0.25) is 0 Å². The van der Waals surface area contributed by atoms with Crippen molar-refractivity contribution in [1.29, 1.82) is 0 Å². The van der Waals surface area contributed by atoms with E-state index in [1.807, 2.05) is 11.6 Å². The lowest BCUT2D eigenvalue weighted by atomic mass is 10.2. The molecule has 0 saturated carbocycles. The highest BCUT2D eigenvalue weighted by atomic mass is 19.3. The second-order valence-electron chi connectivity index (χ2n) is 4.09. The summed E-state index contributed by atoms with van der Waals surface area (Å²) in [4.78, 5) is 4.00. The van der Waals surface area contributed by atoms with Crippen molar-refractivity contribution in [2.45, 2.75) is 13.2 Å². The van der Waals surface area contributed by atoms with E-state index in [0.29, 0.717) is 12.2 Å². The molecule has 0 aliphatic rings. The standard InChI is InChI=1S/C13H15F2N3O2/c1-18-8-16-6-10(18)7-17-9-3-4-11(19-2)12(5-9)20-13(14)15/h3-6,8,13,17H,7H2,1-2H3. The Bertz CT molecular complexity index is 572. The summed E-state index contributed by atoms with van der Waals surface area (Å²) in [6.45, 7) is -2.37. The molecule has 0 spiro atoms. The number of anilines is 1. The minimum atomic E-state index is -2.89. The summed E-state index contributed by atoms with van der Waals surface area (Å²) >= 11 is 0. The summed E-state index contributed by atoms with van der Waals surface area (Å²) in [7, 11) is 3.28. The van der Waals surface area contributed by atoms with Gasteiger partial charge in [-0.2, -0.15) is 8.78 Å². The number of hydrogen-bond donors (Lipinski definition) is 1. The molecule has 5 nitrogen and oxygen atoms in total. The summed E-state index contributed by atoms with van der Waals surface area (Å²) in [6, 6.07) is 4.78. The first-order valence-electron chi connectivity index (χ1n) is 5.92. The van der Waals surface area contributed by atoms with Gasteiger partial charge in [0.15, 0.2) is 11.5 Å². The maximum absolute atomic E-state index is 12.3. The van der Waals surface area contributed by atoms with E-state index in [1.165, 1.54) is 13.2 Å². The highest BCUT2D eigenvalue weighted by molar-refractivity contribution is 5.54. The Labute approximate surface area is 115 Å². The van der Waals surface area contributed by atoms with Gasteiger partial charge in [0.25, 0.3) is 0 Å². The van der Waals surface area contributed by atoms with E-state index in [0.717, 1.165) is 5.69 Å². The lowest BCUT2D eigenvalue weighted by Crippen LogP contribution is -2.06. The van der Waals surface area contributed by atoms with Crippen molar-refractivity contribution in [2.75, 3.05) is 12.4 Å². The maximum Gasteiger partial charge on any atom is 0.387 e. The van der Waals surface area contributed by atoms with Crippen LogP contribution in [0.3, 0.4) is 0 Å². The fourth-order valence-electron chi connectivity index (χ4n) is 1.72. The Morgan fingerprint density at radius 1 is 1.35 bits per heavy atom. The van der Waals surface area contributed by atoms with Crippen LogP contribution in [0.5, 0.6) is 11.5 Å². The van der Waals surface area contributed by atoms with Crippen LogP contribution in [-0.4, -0.2) is 23.3 Å². The first-order chi connectivity index (χ1) is 9.60. The summed E-state index contributed by atoms with van der Waals surface area (Å²) in [5, 5.41) is 3.11. The van der Waals surface area contributed by atoms with Crippen molar-refractivity contribution in [3.05, 3.63) is 36.4 Å². The maximum atomic E-state index is 12.3. The highest BCUT2D eigenvalue weighted by Gasteiger charge is 2.11. The molecule has 0 radical (unpaired) electrons. The number of hydrogen-bond acceptors (Lipinski definition) is 4. The third-order valence-electron chi connectivity index (χ3n) is 2.77. The van der Waals surface area contributed by atoms with Gasteiger partial charge < -0.3 is 19.4 Å². The van der Waals surface area contributed by atoms with Crippen LogP contribution in [0.4, 0.5) is 14.5 Å². The number of imidazole rings is 1. The largest absolute Gasteiger partial charge is 0.493 e. The molecule has 20 heavy (non-hydrogen) atoms. The van der Waals surface area contributed by atoms with E-state index in [2.05, 4.69) is 15.0 Å². The number of benzene rings is 1. The van der Waals surface area contributed by atoms with Crippen molar-refractivity contribution >= 4 is 5.69 Å². The minimum Gasteiger partial charge on any atom is -0.493 e. The molecule has 0 unspecified atom stereocenters. The fraction of sp³-hybridized carbons (Fsp3) is 0.308. The number of alkyl halides is 2. The van der Waals surface area contributed by atoms with Gasteiger partial charge in [-0.1, -0.05) is 0 Å². The lowest BCUT2D eigenvalue weighted by molar-refractivity contribution is -0.0511. The van der Waals surface area contributed by atoms with Crippen LogP contribution in [0, 0.1) is 0 Å². The van der Waals surface area contributed by atoms with Crippen molar-refractivity contribution in [1.82, 2.24) is 9.55 Å². The second kappa shape index (κ2) is 6.23. The predicted octanol–water partition coefficient (Wildman–Crippen LogP) is 2.64. The molecule has 0 saturated heterocycles. The molecule has 0 atom stereocenters. The first kappa shape index (κ1) is 14.1. The molecule has 1 aromatic heterocycles. The molecule has 1 heterocycles. The van der Waals surface area contributed by atoms with Crippen LogP contribution >= 0.6 is 0 Å². The average molecular weight is 283 g/mol. The number of nitrogens with zero attached hydrogens (tertiary/aromatic N) is 2. The average Bonchev–Trinajstić information content (AvgIpc) is 2.81. The smallest absolute Gasteiger partial charge is 0.387 e. The molecule has 0 fully saturated rings. The number of methoxy groups -OCH3 is 1. The number of aryl methyl sites for hydroxylation is 1. The molecule has 7 heteroatoms. The van der Waals surface area contributed by atoms with Gasteiger partial charge in [0.1, 0.15) is 0 Å². The highest BCUT2D eigenvalue weighted by Crippen LogP contribution is 2.31. The van der Waals surface area contributed by atoms with Crippen LogP contribution < -0.4 is 14.8 Å². The minimum absolute atomic E-state index is 0.00231. The first-order valence-corrected chi connectivity index (χ1v) is 5.92. The SMILES string of the molecule is COc1ccc(NCc2cncn2C)cc1OC(F)F. The molecule has 2 aromatic rings. The Morgan fingerprint density at radius 3 is 2.75 bits per heavy atom. The normalized spacial score (nSPS) is 10.7. The second-order valence-corrected chi connectivity index (χ2v) is 4.09. The third kappa shape index (κ3) is 3.37. The topological polar surface area (TPSA) is 48.3 Å². The molecule has 0 bridgehead atoms. The monoisotopic (exact) mass is 283 g/mol. The van der Waals surface area contributed by atoms with Crippen molar-refractivity contribution in [3.63, 3.8) is 0 Å². The molecule has 2 rings (SSSR count). The molecule has 108 valence electrons. The van der Waals surface area contributed by atoms with E-state index < -0.39 is 6.61 Å². The predicted molar refractivity (Wildman–Crippen MR) is 70.2 cm³/mol. The van der Waals surface area contributed by atoms with Crippen LogP contribution in [0.2, 0.25) is 0 Å². The van der Waals surface area contributed by atoms with Crippen LogP contribution in [0.15, 0.2) is 30.7 Å². The zero-order chi connectivity index (χ0) is 14.5. The van der Waals surface area contributed by atoms with E-state index in [-0.39, 0.29) is 11.5 Å².